The topological polar surface area (TPSA) is 38.5 Å². The molecule has 0 saturated carbocycles. The SMILES string of the molecule is CCN(CC(C)(C)CN)C1CCCOC1. The molecular weight excluding hydrogens is 188 g/mol. The van der Waals surface area contributed by atoms with Gasteiger partial charge in [0.25, 0.3) is 0 Å². The van der Waals surface area contributed by atoms with Crippen LogP contribution in [0.1, 0.15) is 33.6 Å². The number of hydrogen-bond donors (Lipinski definition) is 1. The van der Waals surface area contributed by atoms with E-state index in [4.69, 9.17) is 10.5 Å². The smallest absolute Gasteiger partial charge is 0.0621 e. The van der Waals surface area contributed by atoms with E-state index in [1.165, 1.54) is 12.8 Å². The fraction of sp³-hybridized carbons (Fsp3) is 1.00. The van der Waals surface area contributed by atoms with Crippen molar-refractivity contribution in [2.24, 2.45) is 11.1 Å². The predicted molar refractivity (Wildman–Crippen MR) is 63.9 cm³/mol. The lowest BCUT2D eigenvalue weighted by Crippen LogP contribution is -2.47. The molecule has 1 heterocycles. The van der Waals surface area contributed by atoms with Crippen molar-refractivity contribution in [1.29, 1.82) is 0 Å². The number of hydrogen-bond acceptors (Lipinski definition) is 3. The van der Waals surface area contributed by atoms with Crippen LogP contribution in [0.3, 0.4) is 0 Å². The summed E-state index contributed by atoms with van der Waals surface area (Å²) >= 11 is 0. The van der Waals surface area contributed by atoms with Crippen molar-refractivity contribution in [3.63, 3.8) is 0 Å². The van der Waals surface area contributed by atoms with Crippen molar-refractivity contribution in [3.8, 4) is 0 Å². The van der Waals surface area contributed by atoms with Crippen molar-refractivity contribution in [2.75, 3.05) is 32.8 Å². The lowest BCUT2D eigenvalue weighted by Gasteiger charge is -2.38. The number of nitrogens with two attached hydrogens (primary N) is 1. The van der Waals surface area contributed by atoms with Crippen LogP contribution in [0.2, 0.25) is 0 Å². The predicted octanol–water partition coefficient (Wildman–Crippen LogP) is 1.47. The summed E-state index contributed by atoms with van der Waals surface area (Å²) in [4.78, 5) is 2.52. The van der Waals surface area contributed by atoms with Crippen LogP contribution in [-0.2, 0) is 4.74 Å². The Labute approximate surface area is 94.0 Å². The van der Waals surface area contributed by atoms with Crippen LogP contribution in [0.4, 0.5) is 0 Å². The molecule has 3 heteroatoms. The standard InChI is InChI=1S/C12H26N2O/c1-4-14(10-12(2,3)9-13)11-6-5-7-15-8-11/h11H,4-10,13H2,1-3H3. The molecule has 1 aliphatic heterocycles. The van der Waals surface area contributed by atoms with Crippen LogP contribution in [0.15, 0.2) is 0 Å². The normalized spacial score (nSPS) is 23.4. The highest BCUT2D eigenvalue weighted by Gasteiger charge is 2.26. The van der Waals surface area contributed by atoms with Gasteiger partial charge in [-0.1, -0.05) is 20.8 Å². The molecule has 1 atom stereocenters. The molecule has 0 bridgehead atoms. The Morgan fingerprint density at radius 3 is 2.67 bits per heavy atom. The lowest BCUT2D eigenvalue weighted by atomic mass is 9.92. The molecule has 1 fully saturated rings. The minimum atomic E-state index is 0.216. The van der Waals surface area contributed by atoms with Gasteiger partial charge < -0.3 is 10.5 Å². The molecule has 1 rings (SSSR count). The van der Waals surface area contributed by atoms with Crippen molar-refractivity contribution < 1.29 is 4.74 Å². The average Bonchev–Trinajstić information content (AvgIpc) is 2.27. The maximum absolute atomic E-state index is 5.78. The van der Waals surface area contributed by atoms with Crippen LogP contribution in [0.25, 0.3) is 0 Å². The van der Waals surface area contributed by atoms with E-state index in [0.29, 0.717) is 6.04 Å². The molecule has 1 saturated heterocycles. The highest BCUT2D eigenvalue weighted by atomic mass is 16.5. The van der Waals surface area contributed by atoms with Gasteiger partial charge in [0.15, 0.2) is 0 Å². The van der Waals surface area contributed by atoms with E-state index in [-0.39, 0.29) is 5.41 Å². The van der Waals surface area contributed by atoms with Crippen molar-refractivity contribution in [3.05, 3.63) is 0 Å². The van der Waals surface area contributed by atoms with Gasteiger partial charge in [0.1, 0.15) is 0 Å². The molecule has 0 radical (unpaired) electrons. The van der Waals surface area contributed by atoms with E-state index in [1.54, 1.807) is 0 Å². The van der Waals surface area contributed by atoms with E-state index in [0.717, 1.165) is 32.8 Å². The quantitative estimate of drug-likeness (QED) is 0.753. The van der Waals surface area contributed by atoms with Gasteiger partial charge in [-0.15, -0.1) is 0 Å². The van der Waals surface area contributed by atoms with Crippen LogP contribution in [0, 0.1) is 5.41 Å². The Morgan fingerprint density at radius 1 is 1.47 bits per heavy atom. The Hall–Kier alpha value is -0.120. The second-order valence-electron chi connectivity index (χ2n) is 5.30. The molecule has 0 amide bonds. The van der Waals surface area contributed by atoms with Crippen LogP contribution >= 0.6 is 0 Å². The van der Waals surface area contributed by atoms with Crippen molar-refractivity contribution in [1.82, 2.24) is 4.90 Å². The molecule has 1 unspecified atom stereocenters. The Balaban J connectivity index is 2.46. The van der Waals surface area contributed by atoms with Gasteiger partial charge in [-0.2, -0.15) is 0 Å². The maximum Gasteiger partial charge on any atom is 0.0621 e. The first-order chi connectivity index (χ1) is 7.09. The van der Waals surface area contributed by atoms with Crippen LogP contribution in [0.5, 0.6) is 0 Å². The maximum atomic E-state index is 5.78. The molecule has 0 aliphatic carbocycles. The third-order valence-corrected chi connectivity index (χ3v) is 3.24. The highest BCUT2D eigenvalue weighted by molar-refractivity contribution is 4.80. The molecule has 0 aromatic carbocycles. The molecule has 3 nitrogen and oxygen atoms in total. The minimum absolute atomic E-state index is 0.216. The number of likely N-dealkylation sites (N-methyl/N-ethyl adjacent to an activating group) is 1. The van der Waals surface area contributed by atoms with Gasteiger partial charge in [0.05, 0.1) is 6.61 Å². The first kappa shape index (κ1) is 12.9. The van der Waals surface area contributed by atoms with Gasteiger partial charge in [0.2, 0.25) is 0 Å². The first-order valence-corrected chi connectivity index (χ1v) is 6.11. The third kappa shape index (κ3) is 4.09. The third-order valence-electron chi connectivity index (χ3n) is 3.24. The van der Waals surface area contributed by atoms with Gasteiger partial charge in [-0.3, -0.25) is 4.90 Å². The van der Waals surface area contributed by atoms with Crippen LogP contribution in [-0.4, -0.2) is 43.8 Å². The molecule has 0 spiro atoms. The number of ether oxygens (including phenoxy) is 1. The van der Waals surface area contributed by atoms with E-state index in [2.05, 4.69) is 25.7 Å². The van der Waals surface area contributed by atoms with Gasteiger partial charge in [-0.25, -0.2) is 0 Å². The van der Waals surface area contributed by atoms with Crippen molar-refractivity contribution in [2.45, 2.75) is 39.7 Å². The number of nitrogens with zero attached hydrogens (tertiary/aromatic N) is 1. The Bertz CT molecular complexity index is 176. The van der Waals surface area contributed by atoms with E-state index in [9.17, 15) is 0 Å². The largest absolute Gasteiger partial charge is 0.380 e. The summed E-state index contributed by atoms with van der Waals surface area (Å²) in [6, 6.07) is 0.606. The zero-order valence-corrected chi connectivity index (χ0v) is 10.5. The first-order valence-electron chi connectivity index (χ1n) is 6.11. The minimum Gasteiger partial charge on any atom is -0.380 e. The summed E-state index contributed by atoms with van der Waals surface area (Å²) in [5, 5.41) is 0. The molecule has 2 N–H and O–H groups in total. The van der Waals surface area contributed by atoms with Crippen LogP contribution < -0.4 is 5.73 Å². The van der Waals surface area contributed by atoms with E-state index in [1.807, 2.05) is 0 Å². The Kier molecular flexibility index (Phi) is 5.03. The fourth-order valence-electron chi connectivity index (χ4n) is 2.13. The van der Waals surface area contributed by atoms with Crippen molar-refractivity contribution >= 4 is 0 Å². The van der Waals surface area contributed by atoms with E-state index >= 15 is 0 Å². The zero-order valence-electron chi connectivity index (χ0n) is 10.5. The summed E-state index contributed by atoms with van der Waals surface area (Å²) in [6.07, 6.45) is 2.47. The highest BCUT2D eigenvalue weighted by Crippen LogP contribution is 2.20. The molecule has 15 heavy (non-hydrogen) atoms. The van der Waals surface area contributed by atoms with Gasteiger partial charge >= 0.3 is 0 Å². The monoisotopic (exact) mass is 214 g/mol. The lowest BCUT2D eigenvalue weighted by molar-refractivity contribution is 0.00745. The van der Waals surface area contributed by atoms with Gasteiger partial charge in [-0.05, 0) is 31.3 Å². The molecule has 0 aromatic heterocycles. The molecule has 1 aliphatic rings. The van der Waals surface area contributed by atoms with Gasteiger partial charge in [0, 0.05) is 19.2 Å². The summed E-state index contributed by atoms with van der Waals surface area (Å²) in [5.41, 5.74) is 6.00. The summed E-state index contributed by atoms with van der Waals surface area (Å²) in [6.45, 7) is 11.4. The Morgan fingerprint density at radius 2 is 2.20 bits per heavy atom. The second-order valence-corrected chi connectivity index (χ2v) is 5.30. The summed E-state index contributed by atoms with van der Waals surface area (Å²) in [5.74, 6) is 0. The summed E-state index contributed by atoms with van der Waals surface area (Å²) in [7, 11) is 0. The fourth-order valence-corrected chi connectivity index (χ4v) is 2.13. The summed E-state index contributed by atoms with van der Waals surface area (Å²) < 4.78 is 5.54. The number of rotatable bonds is 5. The molecule has 0 aromatic rings. The zero-order chi connectivity index (χ0) is 11.3. The second kappa shape index (κ2) is 5.83. The molecular formula is C12H26N2O. The molecule has 90 valence electrons. The average molecular weight is 214 g/mol. The van der Waals surface area contributed by atoms with E-state index < -0.39 is 0 Å².